The minimum atomic E-state index is -0.794. The third-order valence-corrected chi connectivity index (χ3v) is 7.89. The predicted molar refractivity (Wildman–Crippen MR) is 154 cm³/mol. The largest absolute Gasteiger partial charge is 0.493 e. The third kappa shape index (κ3) is 6.21. The maximum absolute atomic E-state index is 13.1. The second kappa shape index (κ2) is 13.0. The Hall–Kier alpha value is -4.56. The van der Waals surface area contributed by atoms with Gasteiger partial charge in [0.05, 0.1) is 50.9 Å². The Bertz CT molecular complexity index is 1440. The van der Waals surface area contributed by atoms with Crippen molar-refractivity contribution in [3.63, 3.8) is 0 Å². The van der Waals surface area contributed by atoms with Gasteiger partial charge in [-0.15, -0.1) is 0 Å². The molecule has 4 heterocycles. The number of anilines is 1. The van der Waals surface area contributed by atoms with Crippen LogP contribution in [0.5, 0.6) is 11.5 Å². The van der Waals surface area contributed by atoms with Crippen LogP contribution in [0.1, 0.15) is 36.5 Å². The number of ether oxygens (including phenoxy) is 4. The molecule has 4 aliphatic rings. The van der Waals surface area contributed by atoms with Crippen molar-refractivity contribution >= 4 is 29.3 Å². The molecule has 1 aromatic carbocycles. The first-order valence-corrected chi connectivity index (χ1v) is 14.3. The molecule has 0 spiro atoms. The minimum Gasteiger partial charge on any atom is -0.493 e. The highest BCUT2D eigenvalue weighted by molar-refractivity contribution is 6.10. The quantitative estimate of drug-likeness (QED) is 0.301. The van der Waals surface area contributed by atoms with E-state index in [9.17, 15) is 29.4 Å². The van der Waals surface area contributed by atoms with Crippen LogP contribution in [0.25, 0.3) is 0 Å². The van der Waals surface area contributed by atoms with E-state index in [4.69, 9.17) is 18.9 Å². The van der Waals surface area contributed by atoms with Crippen molar-refractivity contribution in [1.82, 2.24) is 15.1 Å². The second-order valence-electron chi connectivity index (χ2n) is 10.9. The van der Waals surface area contributed by atoms with Crippen molar-refractivity contribution in [3.8, 4) is 11.5 Å². The van der Waals surface area contributed by atoms with Crippen LogP contribution in [0.15, 0.2) is 47.6 Å². The number of methoxy groups -OCH3 is 2. The first kappa shape index (κ1) is 30.9. The number of benzene rings is 1. The lowest BCUT2D eigenvalue weighted by molar-refractivity contribution is -0.135. The summed E-state index contributed by atoms with van der Waals surface area (Å²) in [5.41, 5.74) is 0.846. The lowest BCUT2D eigenvalue weighted by atomic mass is 10.1. The molecular weight excluding hydrogens is 576 g/mol. The Morgan fingerprint density at radius 2 is 1.50 bits per heavy atom. The van der Waals surface area contributed by atoms with Crippen LogP contribution < -0.4 is 20.1 Å². The molecule has 1 aromatic rings. The molecule has 0 bridgehead atoms. The molecule has 4 amide bonds. The van der Waals surface area contributed by atoms with Gasteiger partial charge < -0.3 is 49.6 Å². The number of hydrogen-bond donors (Lipinski definition) is 4. The lowest BCUT2D eigenvalue weighted by Crippen LogP contribution is -2.44. The Kier molecular flexibility index (Phi) is 9.11. The van der Waals surface area contributed by atoms with E-state index in [0.717, 1.165) is 0 Å². The summed E-state index contributed by atoms with van der Waals surface area (Å²) in [6.45, 7) is 2.09. The van der Waals surface area contributed by atoms with E-state index in [1.54, 1.807) is 13.0 Å². The van der Waals surface area contributed by atoms with Gasteiger partial charge in [0.25, 0.3) is 5.91 Å². The smallest absolute Gasteiger partial charge is 0.256 e. The number of carbonyl (C=O) groups excluding carboxylic acids is 4. The van der Waals surface area contributed by atoms with Gasteiger partial charge in [-0.25, -0.2) is 0 Å². The van der Waals surface area contributed by atoms with Gasteiger partial charge in [0.1, 0.15) is 12.1 Å². The Morgan fingerprint density at radius 1 is 0.841 bits per heavy atom. The fraction of sp³-hybridized carbons (Fsp3) is 0.467. The highest BCUT2D eigenvalue weighted by atomic mass is 16.5. The summed E-state index contributed by atoms with van der Waals surface area (Å²) in [6, 6.07) is 1.51. The topological polar surface area (TPSA) is 176 Å². The molecule has 14 nitrogen and oxygen atoms in total. The molecule has 0 radical (unpaired) electrons. The molecule has 2 fully saturated rings. The Labute approximate surface area is 253 Å². The fourth-order valence-electron chi connectivity index (χ4n) is 5.69. The Morgan fingerprint density at radius 3 is 2.18 bits per heavy atom. The van der Waals surface area contributed by atoms with Crippen LogP contribution >= 0.6 is 0 Å². The molecular formula is C30H36N4O10. The average molecular weight is 613 g/mol. The predicted octanol–water partition coefficient (Wildman–Crippen LogP) is 0.418. The summed E-state index contributed by atoms with van der Waals surface area (Å²) in [5, 5.41) is 25.4. The Balaban J connectivity index is 1.25. The van der Waals surface area contributed by atoms with Gasteiger partial charge in [0.2, 0.25) is 17.7 Å². The molecule has 4 N–H and O–H groups in total. The van der Waals surface area contributed by atoms with Crippen LogP contribution in [0.3, 0.4) is 0 Å². The van der Waals surface area contributed by atoms with Gasteiger partial charge in [-0.2, -0.15) is 0 Å². The van der Waals surface area contributed by atoms with Crippen LogP contribution in [-0.2, 0) is 23.9 Å². The third-order valence-electron chi connectivity index (χ3n) is 7.89. The zero-order valence-corrected chi connectivity index (χ0v) is 24.7. The maximum Gasteiger partial charge on any atom is 0.256 e. The van der Waals surface area contributed by atoms with Crippen molar-refractivity contribution in [2.24, 2.45) is 0 Å². The molecule has 236 valence electrons. The van der Waals surface area contributed by atoms with Gasteiger partial charge in [0.15, 0.2) is 23.0 Å². The number of hydrogen-bond acceptors (Lipinski definition) is 10. The van der Waals surface area contributed by atoms with Crippen LogP contribution in [-0.4, -0.2) is 108 Å². The molecule has 14 heteroatoms. The molecule has 0 unspecified atom stereocenters. The average Bonchev–Trinajstić information content (AvgIpc) is 3.57. The molecule has 5 rings (SSSR count). The van der Waals surface area contributed by atoms with Crippen LogP contribution in [0.4, 0.5) is 5.69 Å². The van der Waals surface area contributed by atoms with E-state index in [-0.39, 0.29) is 68.0 Å². The molecule has 4 aliphatic heterocycles. The van der Waals surface area contributed by atoms with Gasteiger partial charge in [0, 0.05) is 56.3 Å². The maximum atomic E-state index is 13.1. The number of aliphatic hydroxyl groups excluding tert-OH is 2. The first-order chi connectivity index (χ1) is 21.1. The zero-order valence-electron chi connectivity index (χ0n) is 24.7. The number of nitrogens with zero attached hydrogens (tertiary/aromatic N) is 2. The molecule has 44 heavy (non-hydrogen) atoms. The standard InChI is InChI=1S/C30H36N4O10/c1-16-9-24(41-2)23(5-6-31-27(37)21-10-17(35)14-33(21)29(16)39)43-7-4-8-44-26-13-20-19(12-25(26)42-3)30(40)34-15-18(36)11-22(34)28(38)32-20/h5-6,9,12-13,17-18,21-22,35-36H,4,7-8,10-11,14-15H2,1-3H3,(H,31,37)(H,32,38)/b6-5+,16-9+,24-23-/t17-,18-,21+,22+/m1/s1. The summed E-state index contributed by atoms with van der Waals surface area (Å²) in [5.74, 6) is -0.411. The van der Waals surface area contributed by atoms with E-state index in [1.807, 2.05) is 0 Å². The number of rotatable bonds is 8. The van der Waals surface area contributed by atoms with Crippen molar-refractivity contribution < 1.29 is 48.3 Å². The van der Waals surface area contributed by atoms with Gasteiger partial charge in [-0.3, -0.25) is 19.2 Å². The molecule has 4 atom stereocenters. The highest BCUT2D eigenvalue weighted by Gasteiger charge is 2.43. The number of amides is 4. The molecule has 0 aromatic heterocycles. The monoisotopic (exact) mass is 612 g/mol. The summed E-state index contributed by atoms with van der Waals surface area (Å²) in [7, 11) is 2.88. The molecule has 0 aliphatic carbocycles. The summed E-state index contributed by atoms with van der Waals surface area (Å²) < 4.78 is 22.8. The number of aliphatic hydroxyl groups is 2. The second-order valence-corrected chi connectivity index (χ2v) is 10.9. The number of allylic oxidation sites excluding steroid dienone is 2. The van der Waals surface area contributed by atoms with Crippen molar-refractivity contribution in [2.75, 3.05) is 45.8 Å². The van der Waals surface area contributed by atoms with Gasteiger partial charge in [-0.05, 0) is 19.1 Å². The summed E-state index contributed by atoms with van der Waals surface area (Å²) >= 11 is 0. The number of carbonyl (C=O) groups is 4. The first-order valence-electron chi connectivity index (χ1n) is 14.3. The van der Waals surface area contributed by atoms with E-state index in [2.05, 4.69) is 10.6 Å². The van der Waals surface area contributed by atoms with Crippen molar-refractivity contribution in [3.05, 3.63) is 53.1 Å². The van der Waals surface area contributed by atoms with E-state index in [1.165, 1.54) is 48.4 Å². The highest BCUT2D eigenvalue weighted by Crippen LogP contribution is 2.37. The van der Waals surface area contributed by atoms with E-state index in [0.29, 0.717) is 29.2 Å². The zero-order chi connectivity index (χ0) is 31.5. The van der Waals surface area contributed by atoms with E-state index < -0.39 is 36.1 Å². The number of fused-ring (bicyclic) bond motifs is 3. The SMILES string of the molecule is COC1=C(OCCCOc2cc3c(cc2OC)C(=O)N2C[C@H](O)C[C@H]2C(=O)N3)/C=C/NC(=O)[C@@H]2C[C@@H](O)CN2C(=O)\C(C)=C\1. The minimum absolute atomic E-state index is 0.0575. The number of nitrogens with one attached hydrogen (secondary N) is 2. The summed E-state index contributed by atoms with van der Waals surface area (Å²) in [6.07, 6.45) is 3.62. The lowest BCUT2D eigenvalue weighted by Gasteiger charge is -2.23. The van der Waals surface area contributed by atoms with Gasteiger partial charge >= 0.3 is 0 Å². The van der Waals surface area contributed by atoms with Crippen LogP contribution in [0, 0.1) is 0 Å². The molecule has 0 saturated carbocycles. The van der Waals surface area contributed by atoms with Gasteiger partial charge in [-0.1, -0.05) is 0 Å². The van der Waals surface area contributed by atoms with Crippen molar-refractivity contribution in [1.29, 1.82) is 0 Å². The fourth-order valence-corrected chi connectivity index (χ4v) is 5.69. The van der Waals surface area contributed by atoms with E-state index >= 15 is 0 Å². The summed E-state index contributed by atoms with van der Waals surface area (Å²) in [4.78, 5) is 54.4. The molecule has 2 saturated heterocycles. The van der Waals surface area contributed by atoms with Crippen molar-refractivity contribution in [2.45, 2.75) is 50.5 Å². The van der Waals surface area contributed by atoms with Crippen LogP contribution in [0.2, 0.25) is 0 Å². The normalized spacial score (nSPS) is 28.8.